The van der Waals surface area contributed by atoms with Crippen LogP contribution in [0.4, 0.5) is 5.69 Å². The van der Waals surface area contributed by atoms with Crippen LogP contribution in [0, 0.1) is 5.41 Å². The van der Waals surface area contributed by atoms with E-state index in [9.17, 15) is 14.7 Å². The van der Waals surface area contributed by atoms with Gasteiger partial charge in [0.1, 0.15) is 16.6 Å². The number of thiophene rings is 1. The lowest BCUT2D eigenvalue weighted by Crippen LogP contribution is -2.41. The van der Waals surface area contributed by atoms with Crippen LogP contribution in [0.5, 0.6) is 0 Å². The molecule has 1 aliphatic heterocycles. The molecule has 2 aromatic heterocycles. The average molecular weight is 476 g/mol. The molecule has 0 atom stereocenters. The third-order valence-corrected chi connectivity index (χ3v) is 6.99. The highest BCUT2D eigenvalue weighted by Crippen LogP contribution is 2.35. The summed E-state index contributed by atoms with van der Waals surface area (Å²) in [5, 5.41) is 21.6. The molecule has 33 heavy (non-hydrogen) atoms. The number of benzene rings is 2. The van der Waals surface area contributed by atoms with Gasteiger partial charge in [0.15, 0.2) is 0 Å². The molecular formula is C23H17N5O3S2. The van der Waals surface area contributed by atoms with Crippen LogP contribution in [0.15, 0.2) is 71.8 Å². The zero-order chi connectivity index (χ0) is 22.9. The molecule has 4 N–H and O–H groups in total. The largest absolute Gasteiger partial charge is 0.510 e. The van der Waals surface area contributed by atoms with Gasteiger partial charge in [-0.25, -0.2) is 4.98 Å². The van der Waals surface area contributed by atoms with E-state index in [1.807, 2.05) is 24.3 Å². The minimum absolute atomic E-state index is 0.0529. The van der Waals surface area contributed by atoms with E-state index in [1.165, 1.54) is 22.7 Å². The van der Waals surface area contributed by atoms with Crippen LogP contribution in [-0.2, 0) is 0 Å². The molecule has 10 heteroatoms. The van der Waals surface area contributed by atoms with Crippen molar-refractivity contribution < 1.29 is 14.7 Å². The van der Waals surface area contributed by atoms with Gasteiger partial charge in [-0.05, 0) is 41.8 Å². The summed E-state index contributed by atoms with van der Waals surface area (Å²) in [7, 11) is 0. The highest BCUT2D eigenvalue weighted by Gasteiger charge is 2.31. The Hall–Kier alpha value is -4.02. The van der Waals surface area contributed by atoms with E-state index in [0.717, 1.165) is 10.2 Å². The second-order valence-electron chi connectivity index (χ2n) is 7.18. The highest BCUT2D eigenvalue weighted by atomic mass is 32.1. The number of amides is 2. The number of rotatable bonds is 4. The summed E-state index contributed by atoms with van der Waals surface area (Å²) >= 11 is 2.69. The molecule has 0 spiro atoms. The third-order valence-electron chi connectivity index (χ3n) is 5.07. The van der Waals surface area contributed by atoms with Gasteiger partial charge in [0.05, 0.1) is 27.2 Å². The van der Waals surface area contributed by atoms with Gasteiger partial charge in [-0.15, -0.1) is 22.7 Å². The van der Waals surface area contributed by atoms with Crippen LogP contribution in [0.1, 0.15) is 25.0 Å². The molecule has 0 fully saturated rings. The molecule has 5 rings (SSSR count). The minimum atomic E-state index is -0.490. The number of anilines is 1. The standard InChI is InChI=1S/C23H17N5O3S2/c24-20-19(23-25-15-7-1-2-8-17(15)33-23)16(29)12-28(20)14-6-3-5-13(11-14)21(30)26-27-22(31)18-9-4-10-32-18/h1-11,24,29H,12H2,(H,26,30)(H,27,31). The highest BCUT2D eigenvalue weighted by molar-refractivity contribution is 7.19. The van der Waals surface area contributed by atoms with Crippen LogP contribution >= 0.6 is 22.7 Å². The summed E-state index contributed by atoms with van der Waals surface area (Å²) in [6.45, 7) is 0.101. The lowest BCUT2D eigenvalue weighted by atomic mass is 10.1. The number of carbonyl (C=O) groups excluding carboxylic acids is 2. The van der Waals surface area contributed by atoms with E-state index in [1.54, 1.807) is 46.7 Å². The number of nitrogens with zero attached hydrogens (tertiary/aromatic N) is 2. The van der Waals surface area contributed by atoms with Crippen molar-refractivity contribution in [2.24, 2.45) is 0 Å². The minimum Gasteiger partial charge on any atom is -0.510 e. The number of hydrogen-bond acceptors (Lipinski definition) is 7. The van der Waals surface area contributed by atoms with E-state index in [2.05, 4.69) is 15.8 Å². The molecule has 3 heterocycles. The number of hydrazine groups is 1. The van der Waals surface area contributed by atoms with Crippen LogP contribution in [-0.4, -0.2) is 34.3 Å². The Morgan fingerprint density at radius 3 is 2.64 bits per heavy atom. The van der Waals surface area contributed by atoms with Crippen molar-refractivity contribution in [3.8, 4) is 0 Å². The molecule has 0 saturated carbocycles. The van der Waals surface area contributed by atoms with Gasteiger partial charge in [0, 0.05) is 11.3 Å². The fourth-order valence-corrected chi connectivity index (χ4v) is 5.13. The number of aliphatic hydroxyl groups is 1. The van der Waals surface area contributed by atoms with E-state index < -0.39 is 11.8 Å². The average Bonchev–Trinajstić information content (AvgIpc) is 3.56. The molecule has 0 aliphatic carbocycles. The number of thiazole rings is 1. The van der Waals surface area contributed by atoms with Gasteiger partial charge in [0.2, 0.25) is 0 Å². The molecule has 1 aliphatic rings. The van der Waals surface area contributed by atoms with Gasteiger partial charge in [-0.3, -0.25) is 25.8 Å². The number of aliphatic hydroxyl groups excluding tert-OH is 1. The Labute approximate surface area is 196 Å². The molecule has 0 radical (unpaired) electrons. The van der Waals surface area contributed by atoms with Crippen LogP contribution in [0.25, 0.3) is 15.8 Å². The first-order valence-electron chi connectivity index (χ1n) is 9.90. The topological polar surface area (TPSA) is 118 Å². The lowest BCUT2D eigenvalue weighted by molar-refractivity contribution is 0.0849. The smallest absolute Gasteiger partial charge is 0.279 e. The number of aromatic nitrogens is 1. The van der Waals surface area contributed by atoms with Crippen LogP contribution < -0.4 is 15.8 Å². The number of nitrogens with one attached hydrogen (secondary N) is 3. The molecule has 0 unspecified atom stereocenters. The monoisotopic (exact) mass is 475 g/mol. The van der Waals surface area contributed by atoms with Gasteiger partial charge in [-0.1, -0.05) is 24.3 Å². The fourth-order valence-electron chi connectivity index (χ4n) is 3.47. The second-order valence-corrected chi connectivity index (χ2v) is 9.16. The van der Waals surface area contributed by atoms with Crippen molar-refractivity contribution in [1.29, 1.82) is 5.41 Å². The Balaban J connectivity index is 1.33. The first-order chi connectivity index (χ1) is 16.0. The van der Waals surface area contributed by atoms with E-state index in [4.69, 9.17) is 5.41 Å². The number of carbonyl (C=O) groups is 2. The third kappa shape index (κ3) is 3.97. The lowest BCUT2D eigenvalue weighted by Gasteiger charge is -2.19. The number of para-hydroxylation sites is 1. The van der Waals surface area contributed by atoms with Crippen molar-refractivity contribution >= 4 is 61.8 Å². The van der Waals surface area contributed by atoms with Gasteiger partial charge >= 0.3 is 0 Å². The zero-order valence-corrected chi connectivity index (χ0v) is 18.7. The summed E-state index contributed by atoms with van der Waals surface area (Å²) in [6.07, 6.45) is 0. The molecular weight excluding hydrogens is 458 g/mol. The fraction of sp³-hybridized carbons (Fsp3) is 0.0435. The van der Waals surface area contributed by atoms with Crippen molar-refractivity contribution in [1.82, 2.24) is 15.8 Å². The van der Waals surface area contributed by atoms with E-state index in [0.29, 0.717) is 26.7 Å². The second kappa shape index (κ2) is 8.49. The normalized spacial score (nSPS) is 13.6. The molecule has 2 amide bonds. The van der Waals surface area contributed by atoms with Gasteiger partial charge in [-0.2, -0.15) is 0 Å². The molecule has 2 aromatic carbocycles. The van der Waals surface area contributed by atoms with Gasteiger partial charge < -0.3 is 10.0 Å². The van der Waals surface area contributed by atoms with Crippen molar-refractivity contribution in [3.05, 3.63) is 87.3 Å². The summed E-state index contributed by atoms with van der Waals surface area (Å²) < 4.78 is 0.974. The number of amidine groups is 1. The molecule has 8 nitrogen and oxygen atoms in total. The summed E-state index contributed by atoms with van der Waals surface area (Å²) in [5.41, 5.74) is 6.86. The summed E-state index contributed by atoms with van der Waals surface area (Å²) in [5.74, 6) is -0.728. The number of fused-ring (bicyclic) bond motifs is 1. The predicted octanol–water partition coefficient (Wildman–Crippen LogP) is 4.20. The van der Waals surface area contributed by atoms with Crippen molar-refractivity contribution in [2.45, 2.75) is 0 Å². The Morgan fingerprint density at radius 1 is 1.03 bits per heavy atom. The first kappa shape index (κ1) is 20.9. The Bertz CT molecular complexity index is 1390. The van der Waals surface area contributed by atoms with Gasteiger partial charge in [0.25, 0.3) is 11.8 Å². The zero-order valence-electron chi connectivity index (χ0n) is 17.0. The van der Waals surface area contributed by atoms with Crippen molar-refractivity contribution in [3.63, 3.8) is 0 Å². The maximum atomic E-state index is 12.6. The van der Waals surface area contributed by atoms with E-state index >= 15 is 0 Å². The first-order valence-corrected chi connectivity index (χ1v) is 11.6. The SMILES string of the molecule is N=C1C(c2nc3ccccc3s2)=C(O)CN1c1cccc(C(=O)NNC(=O)c2cccs2)c1. The molecule has 4 aromatic rings. The summed E-state index contributed by atoms with van der Waals surface area (Å²) in [4.78, 5) is 31.3. The molecule has 0 bridgehead atoms. The number of hydrogen-bond donors (Lipinski definition) is 4. The summed E-state index contributed by atoms with van der Waals surface area (Å²) in [6, 6.07) is 17.7. The molecule has 164 valence electrons. The maximum Gasteiger partial charge on any atom is 0.279 e. The van der Waals surface area contributed by atoms with Crippen LogP contribution in [0.3, 0.4) is 0 Å². The van der Waals surface area contributed by atoms with Crippen molar-refractivity contribution in [2.75, 3.05) is 11.4 Å². The predicted molar refractivity (Wildman–Crippen MR) is 130 cm³/mol. The van der Waals surface area contributed by atoms with E-state index in [-0.39, 0.29) is 18.1 Å². The quantitative estimate of drug-likeness (QED) is 0.330. The van der Waals surface area contributed by atoms with Crippen LogP contribution in [0.2, 0.25) is 0 Å². The Kier molecular flexibility index (Phi) is 5.37. The Morgan fingerprint density at radius 2 is 1.85 bits per heavy atom. The molecule has 0 saturated heterocycles. The maximum absolute atomic E-state index is 12.6.